The molecule has 0 saturated carbocycles. The third-order valence-electron chi connectivity index (χ3n) is 3.54. The number of benzene rings is 1. The highest BCUT2D eigenvalue weighted by Crippen LogP contribution is 2.35. The summed E-state index contributed by atoms with van der Waals surface area (Å²) in [6.07, 6.45) is 4.88. The smallest absolute Gasteiger partial charge is 0.231 e. The van der Waals surface area contributed by atoms with E-state index in [9.17, 15) is 0 Å². The van der Waals surface area contributed by atoms with Gasteiger partial charge in [0.25, 0.3) is 0 Å². The zero-order chi connectivity index (χ0) is 15.5. The molecule has 0 aliphatic carbocycles. The van der Waals surface area contributed by atoms with Crippen LogP contribution in [-0.4, -0.2) is 28.5 Å². The van der Waals surface area contributed by atoms with Crippen molar-refractivity contribution in [2.45, 2.75) is 11.6 Å². The second kappa shape index (κ2) is 6.42. The molecule has 1 aliphatic rings. The number of pyridine rings is 1. The standard InChI is InChI=1S/C17H16N2O3S/c1-2-7-19-13(4-1)11-18-17(19)23-9-3-8-20-14-5-6-15-16(10-14)22-12-21-15/h1-2,4-7,10-11H,3,8-9,12H2. The number of fused-ring (bicyclic) bond motifs is 2. The van der Waals surface area contributed by atoms with Gasteiger partial charge in [-0.05, 0) is 30.7 Å². The highest BCUT2D eigenvalue weighted by Gasteiger charge is 2.13. The lowest BCUT2D eigenvalue weighted by Crippen LogP contribution is -1.99. The van der Waals surface area contributed by atoms with Crippen LogP contribution in [0.1, 0.15) is 6.42 Å². The Morgan fingerprint density at radius 3 is 3.13 bits per heavy atom. The average molecular weight is 328 g/mol. The van der Waals surface area contributed by atoms with Crippen LogP contribution in [0.2, 0.25) is 0 Å². The zero-order valence-electron chi connectivity index (χ0n) is 12.5. The number of nitrogens with zero attached hydrogens (tertiary/aromatic N) is 2. The lowest BCUT2D eigenvalue weighted by Gasteiger charge is -2.06. The van der Waals surface area contributed by atoms with E-state index in [0.29, 0.717) is 6.61 Å². The molecule has 118 valence electrons. The van der Waals surface area contributed by atoms with Crippen LogP contribution in [0.15, 0.2) is 53.9 Å². The molecule has 6 heteroatoms. The van der Waals surface area contributed by atoms with Gasteiger partial charge in [-0.1, -0.05) is 17.8 Å². The van der Waals surface area contributed by atoms with Gasteiger partial charge < -0.3 is 14.2 Å². The quantitative estimate of drug-likeness (QED) is 0.511. The van der Waals surface area contributed by atoms with E-state index in [2.05, 4.69) is 15.5 Å². The van der Waals surface area contributed by atoms with Crippen molar-refractivity contribution in [1.29, 1.82) is 0 Å². The third-order valence-corrected chi connectivity index (χ3v) is 4.59. The predicted molar refractivity (Wildman–Crippen MR) is 88.6 cm³/mol. The summed E-state index contributed by atoms with van der Waals surface area (Å²) in [6, 6.07) is 11.7. The molecule has 3 aromatic rings. The zero-order valence-corrected chi connectivity index (χ0v) is 13.3. The predicted octanol–water partition coefficient (Wildman–Crippen LogP) is 3.62. The van der Waals surface area contributed by atoms with Gasteiger partial charge in [0, 0.05) is 18.0 Å². The highest BCUT2D eigenvalue weighted by molar-refractivity contribution is 7.99. The number of imidazole rings is 1. The van der Waals surface area contributed by atoms with Gasteiger partial charge in [0.15, 0.2) is 16.7 Å². The van der Waals surface area contributed by atoms with Crippen molar-refractivity contribution in [2.24, 2.45) is 0 Å². The molecule has 0 fully saturated rings. The summed E-state index contributed by atoms with van der Waals surface area (Å²) in [5, 5.41) is 1.02. The number of thioether (sulfide) groups is 1. The summed E-state index contributed by atoms with van der Waals surface area (Å²) >= 11 is 1.74. The lowest BCUT2D eigenvalue weighted by molar-refractivity contribution is 0.173. The van der Waals surface area contributed by atoms with Crippen LogP contribution in [0, 0.1) is 0 Å². The normalized spacial score (nSPS) is 12.7. The number of ether oxygens (including phenoxy) is 3. The first-order valence-electron chi connectivity index (χ1n) is 7.47. The van der Waals surface area contributed by atoms with Crippen LogP contribution in [0.5, 0.6) is 17.2 Å². The van der Waals surface area contributed by atoms with Crippen LogP contribution in [0.25, 0.3) is 5.52 Å². The van der Waals surface area contributed by atoms with Crippen LogP contribution < -0.4 is 14.2 Å². The van der Waals surface area contributed by atoms with Crippen molar-refractivity contribution in [1.82, 2.24) is 9.38 Å². The molecule has 4 rings (SSSR count). The summed E-state index contributed by atoms with van der Waals surface area (Å²) in [5.41, 5.74) is 1.12. The van der Waals surface area contributed by atoms with Gasteiger partial charge in [0.05, 0.1) is 18.3 Å². The Labute approximate surface area is 138 Å². The molecule has 5 nitrogen and oxygen atoms in total. The molecule has 0 spiro atoms. The SMILES string of the molecule is c1ccn2c(SCCCOc3ccc4c(c3)OCO4)ncc2c1. The highest BCUT2D eigenvalue weighted by atomic mass is 32.2. The van der Waals surface area contributed by atoms with Gasteiger partial charge in [0.2, 0.25) is 6.79 Å². The monoisotopic (exact) mass is 328 g/mol. The molecular weight excluding hydrogens is 312 g/mol. The van der Waals surface area contributed by atoms with Crippen molar-refractivity contribution < 1.29 is 14.2 Å². The molecule has 3 heterocycles. The fourth-order valence-corrected chi connectivity index (χ4v) is 3.28. The molecule has 0 saturated heterocycles. The molecular formula is C17H16N2O3S. The fourth-order valence-electron chi connectivity index (χ4n) is 2.41. The maximum absolute atomic E-state index is 5.76. The van der Waals surface area contributed by atoms with E-state index in [0.717, 1.165) is 40.1 Å². The minimum Gasteiger partial charge on any atom is -0.493 e. The summed E-state index contributed by atoms with van der Waals surface area (Å²) in [7, 11) is 0. The van der Waals surface area contributed by atoms with E-state index in [1.165, 1.54) is 0 Å². The van der Waals surface area contributed by atoms with Crippen molar-refractivity contribution in [2.75, 3.05) is 19.2 Å². The van der Waals surface area contributed by atoms with Gasteiger partial charge in [-0.25, -0.2) is 4.98 Å². The fraction of sp³-hybridized carbons (Fsp3) is 0.235. The summed E-state index contributed by atoms with van der Waals surface area (Å²) < 4.78 is 18.5. The number of aromatic nitrogens is 2. The second-order valence-corrected chi connectivity index (χ2v) is 6.16. The van der Waals surface area contributed by atoms with Gasteiger partial charge in [0.1, 0.15) is 5.75 Å². The van der Waals surface area contributed by atoms with Crippen LogP contribution in [0.3, 0.4) is 0 Å². The molecule has 0 radical (unpaired) electrons. The van der Waals surface area contributed by atoms with E-state index in [1.54, 1.807) is 11.8 Å². The molecule has 2 aromatic heterocycles. The Morgan fingerprint density at radius 2 is 2.13 bits per heavy atom. The van der Waals surface area contributed by atoms with Gasteiger partial charge in [-0.3, -0.25) is 4.40 Å². The summed E-state index contributed by atoms with van der Waals surface area (Å²) in [6.45, 7) is 0.948. The van der Waals surface area contributed by atoms with Crippen molar-refractivity contribution >= 4 is 17.3 Å². The topological polar surface area (TPSA) is 45.0 Å². The first kappa shape index (κ1) is 14.3. The van der Waals surface area contributed by atoms with Gasteiger partial charge in [-0.15, -0.1) is 0 Å². The van der Waals surface area contributed by atoms with Crippen molar-refractivity contribution in [3.63, 3.8) is 0 Å². The summed E-state index contributed by atoms with van der Waals surface area (Å²) in [4.78, 5) is 4.45. The molecule has 0 N–H and O–H groups in total. The molecule has 0 unspecified atom stereocenters. The molecule has 1 aliphatic heterocycles. The third kappa shape index (κ3) is 3.07. The van der Waals surface area contributed by atoms with E-state index in [-0.39, 0.29) is 6.79 Å². The summed E-state index contributed by atoms with van der Waals surface area (Å²) in [5.74, 6) is 3.30. The van der Waals surface area contributed by atoms with E-state index < -0.39 is 0 Å². The Hall–Kier alpha value is -2.34. The number of hydrogen-bond acceptors (Lipinski definition) is 5. The maximum atomic E-state index is 5.76. The minimum absolute atomic E-state index is 0.285. The number of rotatable bonds is 6. The largest absolute Gasteiger partial charge is 0.493 e. The van der Waals surface area contributed by atoms with Gasteiger partial charge >= 0.3 is 0 Å². The molecule has 0 amide bonds. The van der Waals surface area contributed by atoms with E-state index in [1.807, 2.05) is 42.7 Å². The maximum Gasteiger partial charge on any atom is 0.231 e. The van der Waals surface area contributed by atoms with Crippen LogP contribution >= 0.6 is 11.8 Å². The average Bonchev–Trinajstić information content (AvgIpc) is 3.21. The van der Waals surface area contributed by atoms with Gasteiger partial charge in [-0.2, -0.15) is 0 Å². The molecule has 0 atom stereocenters. The molecule has 1 aromatic carbocycles. The Balaban J connectivity index is 1.26. The van der Waals surface area contributed by atoms with Crippen LogP contribution in [-0.2, 0) is 0 Å². The molecule has 23 heavy (non-hydrogen) atoms. The lowest BCUT2D eigenvalue weighted by atomic mass is 10.3. The molecule has 0 bridgehead atoms. The van der Waals surface area contributed by atoms with Crippen LogP contribution in [0.4, 0.5) is 0 Å². The number of hydrogen-bond donors (Lipinski definition) is 0. The Morgan fingerprint density at radius 1 is 1.17 bits per heavy atom. The van der Waals surface area contributed by atoms with Crippen molar-refractivity contribution in [3.8, 4) is 17.2 Å². The van der Waals surface area contributed by atoms with E-state index in [4.69, 9.17) is 14.2 Å². The van der Waals surface area contributed by atoms with E-state index >= 15 is 0 Å². The Kier molecular flexibility index (Phi) is 3.98. The first-order chi connectivity index (χ1) is 11.4. The second-order valence-electron chi connectivity index (χ2n) is 5.10. The minimum atomic E-state index is 0.285. The Bertz CT molecular complexity index is 818. The van der Waals surface area contributed by atoms with Crippen molar-refractivity contribution in [3.05, 3.63) is 48.8 Å². The first-order valence-corrected chi connectivity index (χ1v) is 8.46.